The lowest BCUT2D eigenvalue weighted by Gasteiger charge is -2.29. The first kappa shape index (κ1) is 18.8. The van der Waals surface area contributed by atoms with Crippen molar-refractivity contribution in [2.24, 2.45) is 0 Å². The lowest BCUT2D eigenvalue weighted by molar-refractivity contribution is 0.0831. The number of para-hydroxylation sites is 1. The van der Waals surface area contributed by atoms with Crippen LogP contribution in [0, 0.1) is 0 Å². The maximum Gasteiger partial charge on any atom is 0.266 e. The highest BCUT2D eigenvalue weighted by molar-refractivity contribution is 7.80. The highest BCUT2D eigenvalue weighted by Crippen LogP contribution is 2.18. The number of piperidine rings is 1. The number of nitrogens with one attached hydrogen (secondary N) is 1. The van der Waals surface area contributed by atoms with Crippen molar-refractivity contribution in [3.63, 3.8) is 0 Å². The summed E-state index contributed by atoms with van der Waals surface area (Å²) in [6.45, 7) is 3.03. The van der Waals surface area contributed by atoms with Crippen molar-refractivity contribution in [3.05, 3.63) is 66.0 Å². The first-order chi connectivity index (χ1) is 12.7. The number of anilines is 1. The first-order valence-electron chi connectivity index (χ1n) is 9.19. The van der Waals surface area contributed by atoms with Crippen LogP contribution in [0.1, 0.15) is 25.7 Å². The number of thiocarbonyl (C=S) groups is 1. The summed E-state index contributed by atoms with van der Waals surface area (Å²) in [4.78, 5) is 2.43. The molecule has 0 atom stereocenters. The van der Waals surface area contributed by atoms with Crippen molar-refractivity contribution in [3.8, 4) is 0 Å². The molecule has 5 heteroatoms. The number of likely N-dealkylation sites (tertiary alicyclic amines) is 1. The van der Waals surface area contributed by atoms with Gasteiger partial charge in [0.25, 0.3) is 5.17 Å². The summed E-state index contributed by atoms with van der Waals surface area (Å²) in [7, 11) is 0. The third-order valence-electron chi connectivity index (χ3n) is 4.68. The van der Waals surface area contributed by atoms with Crippen LogP contribution in [0.4, 0.5) is 5.69 Å². The molecule has 0 bridgehead atoms. The molecule has 1 aromatic rings. The SMILES string of the molecule is OC1CCN(CCC2=CC=C(OC(=S)Nc3ccccc3)C=CC2)CC1. The van der Waals surface area contributed by atoms with Crippen molar-refractivity contribution >= 4 is 23.1 Å². The predicted molar refractivity (Wildman–Crippen MR) is 110 cm³/mol. The van der Waals surface area contributed by atoms with E-state index < -0.39 is 0 Å². The van der Waals surface area contributed by atoms with Gasteiger partial charge in [-0.05, 0) is 62.2 Å². The van der Waals surface area contributed by atoms with Gasteiger partial charge >= 0.3 is 0 Å². The standard InChI is InChI=1S/C21H26N2O2S/c24-19-12-15-23(16-13-19)14-11-17-5-4-8-20(10-9-17)25-21(26)22-18-6-2-1-3-7-18/h1-4,6-10,19,24H,5,11-16H2,(H,22,26). The fraction of sp³-hybridized carbons (Fsp3) is 0.381. The minimum absolute atomic E-state index is 0.109. The van der Waals surface area contributed by atoms with Gasteiger partial charge in [-0.3, -0.25) is 0 Å². The van der Waals surface area contributed by atoms with Crippen molar-refractivity contribution < 1.29 is 9.84 Å². The molecule has 1 aliphatic heterocycles. The second-order valence-electron chi connectivity index (χ2n) is 6.70. The van der Waals surface area contributed by atoms with Gasteiger partial charge in [0.2, 0.25) is 0 Å². The zero-order valence-electron chi connectivity index (χ0n) is 14.9. The largest absolute Gasteiger partial charge is 0.432 e. The van der Waals surface area contributed by atoms with Gasteiger partial charge in [0.1, 0.15) is 5.76 Å². The normalized spacial score (nSPS) is 18.7. The number of hydrogen-bond donors (Lipinski definition) is 2. The molecule has 0 aromatic heterocycles. The van der Waals surface area contributed by atoms with Crippen LogP contribution in [0.25, 0.3) is 0 Å². The third-order valence-corrected chi connectivity index (χ3v) is 4.87. The number of aliphatic hydroxyl groups is 1. The summed E-state index contributed by atoms with van der Waals surface area (Å²) in [6, 6.07) is 9.76. The molecule has 0 saturated carbocycles. The molecule has 2 N–H and O–H groups in total. The quantitative estimate of drug-likeness (QED) is 0.767. The number of rotatable bonds is 5. The minimum atomic E-state index is -0.109. The average molecular weight is 371 g/mol. The van der Waals surface area contributed by atoms with E-state index in [0.29, 0.717) is 5.17 Å². The molecule has 1 fully saturated rings. The smallest absolute Gasteiger partial charge is 0.266 e. The van der Waals surface area contributed by atoms with Crippen LogP contribution in [-0.2, 0) is 4.74 Å². The van der Waals surface area contributed by atoms with Crippen molar-refractivity contribution in [2.75, 3.05) is 25.0 Å². The van der Waals surface area contributed by atoms with Crippen molar-refractivity contribution in [1.82, 2.24) is 4.90 Å². The van der Waals surface area contributed by atoms with Crippen molar-refractivity contribution in [2.45, 2.75) is 31.8 Å². The molecule has 2 aliphatic rings. The zero-order valence-corrected chi connectivity index (χ0v) is 15.8. The molecular weight excluding hydrogens is 344 g/mol. The number of aliphatic hydroxyl groups excluding tert-OH is 1. The van der Waals surface area contributed by atoms with E-state index in [2.05, 4.69) is 22.4 Å². The van der Waals surface area contributed by atoms with E-state index in [0.717, 1.165) is 56.8 Å². The van der Waals surface area contributed by atoms with Gasteiger partial charge in [-0.25, -0.2) is 0 Å². The second-order valence-corrected chi connectivity index (χ2v) is 7.07. The van der Waals surface area contributed by atoms with Gasteiger partial charge in [0.15, 0.2) is 0 Å². The number of nitrogens with zero attached hydrogens (tertiary/aromatic N) is 1. The summed E-state index contributed by atoms with van der Waals surface area (Å²) in [6.07, 6.45) is 11.9. The molecular formula is C21H26N2O2S. The Kier molecular flexibility index (Phi) is 7.00. The van der Waals surface area contributed by atoms with E-state index in [1.165, 1.54) is 5.57 Å². The zero-order chi connectivity index (χ0) is 18.2. The molecule has 0 spiro atoms. The number of hydrogen-bond acceptors (Lipinski definition) is 4. The maximum atomic E-state index is 9.59. The highest BCUT2D eigenvalue weighted by Gasteiger charge is 2.16. The monoisotopic (exact) mass is 370 g/mol. The fourth-order valence-electron chi connectivity index (χ4n) is 3.12. The molecule has 26 heavy (non-hydrogen) atoms. The van der Waals surface area contributed by atoms with Gasteiger partial charge in [0, 0.05) is 25.3 Å². The molecule has 0 radical (unpaired) electrons. The van der Waals surface area contributed by atoms with Crippen LogP contribution in [-0.4, -0.2) is 40.9 Å². The maximum absolute atomic E-state index is 9.59. The van der Waals surface area contributed by atoms with E-state index in [-0.39, 0.29) is 6.10 Å². The van der Waals surface area contributed by atoms with E-state index >= 15 is 0 Å². The van der Waals surface area contributed by atoms with Gasteiger partial charge in [-0.1, -0.05) is 35.9 Å². The summed E-state index contributed by atoms with van der Waals surface area (Å²) in [5, 5.41) is 13.0. The van der Waals surface area contributed by atoms with E-state index in [4.69, 9.17) is 17.0 Å². The molecule has 4 nitrogen and oxygen atoms in total. The van der Waals surface area contributed by atoms with E-state index in [9.17, 15) is 5.11 Å². The van der Waals surface area contributed by atoms with Gasteiger partial charge in [0.05, 0.1) is 6.10 Å². The lowest BCUT2D eigenvalue weighted by Crippen LogP contribution is -2.36. The van der Waals surface area contributed by atoms with Crippen LogP contribution < -0.4 is 5.32 Å². The number of allylic oxidation sites excluding steroid dienone is 4. The summed E-state index contributed by atoms with van der Waals surface area (Å²) in [5.41, 5.74) is 2.30. The third kappa shape index (κ3) is 6.09. The van der Waals surface area contributed by atoms with Gasteiger partial charge in [-0.15, -0.1) is 0 Å². The number of benzene rings is 1. The Labute approximate surface area is 160 Å². The van der Waals surface area contributed by atoms with Crippen LogP contribution in [0.15, 0.2) is 66.0 Å². The Morgan fingerprint density at radius 3 is 2.73 bits per heavy atom. The Morgan fingerprint density at radius 2 is 1.96 bits per heavy atom. The minimum Gasteiger partial charge on any atom is -0.432 e. The van der Waals surface area contributed by atoms with Crippen molar-refractivity contribution in [1.29, 1.82) is 0 Å². The van der Waals surface area contributed by atoms with Crippen LogP contribution in [0.5, 0.6) is 0 Å². The average Bonchev–Trinajstić information content (AvgIpc) is 2.87. The van der Waals surface area contributed by atoms with E-state index in [1.54, 1.807) is 0 Å². The van der Waals surface area contributed by atoms with Crippen LogP contribution in [0.2, 0.25) is 0 Å². The van der Waals surface area contributed by atoms with Gasteiger partial charge < -0.3 is 20.1 Å². The second kappa shape index (κ2) is 9.67. The Balaban J connectivity index is 1.48. The molecule has 1 saturated heterocycles. The fourth-order valence-corrected chi connectivity index (χ4v) is 3.33. The Hall–Kier alpha value is -1.95. The van der Waals surface area contributed by atoms with Gasteiger partial charge in [-0.2, -0.15) is 0 Å². The summed E-state index contributed by atoms with van der Waals surface area (Å²) >= 11 is 5.28. The molecule has 3 rings (SSSR count). The Bertz CT molecular complexity index is 689. The van der Waals surface area contributed by atoms with E-state index in [1.807, 2.05) is 42.5 Å². The Morgan fingerprint density at radius 1 is 1.19 bits per heavy atom. The summed E-state index contributed by atoms with van der Waals surface area (Å²) in [5.74, 6) is 0.745. The topological polar surface area (TPSA) is 44.7 Å². The molecule has 1 heterocycles. The molecule has 0 amide bonds. The highest BCUT2D eigenvalue weighted by atomic mass is 32.1. The lowest BCUT2D eigenvalue weighted by atomic mass is 10.1. The molecule has 1 aromatic carbocycles. The molecule has 1 aliphatic carbocycles. The number of ether oxygens (including phenoxy) is 1. The summed E-state index contributed by atoms with van der Waals surface area (Å²) < 4.78 is 5.74. The molecule has 0 unspecified atom stereocenters. The molecule has 138 valence electrons. The first-order valence-corrected chi connectivity index (χ1v) is 9.60. The van der Waals surface area contributed by atoms with Crippen LogP contribution in [0.3, 0.4) is 0 Å². The van der Waals surface area contributed by atoms with Crippen LogP contribution >= 0.6 is 12.2 Å². The predicted octanol–water partition coefficient (Wildman–Crippen LogP) is 4.02.